The molecule has 1 aromatic carbocycles. The molecule has 0 radical (unpaired) electrons. The van der Waals surface area contributed by atoms with E-state index < -0.39 is 0 Å². The largest absolute Gasteiger partial charge is 0.373 e. The zero-order valence-electron chi connectivity index (χ0n) is 12.8. The molecule has 0 unspecified atom stereocenters. The Bertz CT molecular complexity index is 457. The number of ether oxygens (including phenoxy) is 1. The number of aryl methyl sites for hydroxylation is 2. The number of carbonyl (C=O) groups excluding carboxylic acids is 1. The number of nitrogens with zero attached hydrogens (tertiary/aromatic N) is 1. The highest BCUT2D eigenvalue weighted by Gasteiger charge is 2.23. The molecule has 20 heavy (non-hydrogen) atoms. The van der Waals surface area contributed by atoms with Gasteiger partial charge in [-0.2, -0.15) is 0 Å². The summed E-state index contributed by atoms with van der Waals surface area (Å²) in [7, 11) is 0. The summed E-state index contributed by atoms with van der Waals surface area (Å²) < 4.78 is 5.68. The fraction of sp³-hybridized carbons (Fsp3) is 0.562. The summed E-state index contributed by atoms with van der Waals surface area (Å²) in [6.07, 6.45) is 0.374. The quantitative estimate of drug-likeness (QED) is 0.921. The Morgan fingerprint density at radius 3 is 2.35 bits per heavy atom. The van der Waals surface area contributed by atoms with Crippen LogP contribution in [0.1, 0.15) is 25.0 Å². The lowest BCUT2D eigenvalue weighted by Gasteiger charge is -2.34. The number of benzene rings is 1. The third-order valence-corrected chi connectivity index (χ3v) is 3.61. The van der Waals surface area contributed by atoms with E-state index in [1.54, 1.807) is 0 Å². The van der Waals surface area contributed by atoms with Gasteiger partial charge in [0.25, 0.3) is 0 Å². The predicted octanol–water partition coefficient (Wildman–Crippen LogP) is 2.35. The molecule has 4 heteroatoms. The van der Waals surface area contributed by atoms with Crippen LogP contribution < -0.4 is 5.32 Å². The Labute approximate surface area is 121 Å². The maximum atomic E-state index is 12.2. The van der Waals surface area contributed by atoms with Gasteiger partial charge in [0.15, 0.2) is 0 Å². The molecule has 2 rings (SSSR count). The van der Waals surface area contributed by atoms with Gasteiger partial charge in [-0.05, 0) is 38.8 Å². The summed E-state index contributed by atoms with van der Waals surface area (Å²) in [5, 5.41) is 3.03. The molecular formula is C16H24N2O2. The van der Waals surface area contributed by atoms with Gasteiger partial charge in [0.05, 0.1) is 18.8 Å². The van der Waals surface area contributed by atoms with Crippen LogP contribution in [0, 0.1) is 13.8 Å². The maximum absolute atomic E-state index is 12.2. The Balaban J connectivity index is 1.95. The number of amides is 1. The molecule has 0 saturated carbocycles. The van der Waals surface area contributed by atoms with Crippen LogP contribution >= 0.6 is 0 Å². The molecule has 110 valence electrons. The van der Waals surface area contributed by atoms with Crippen LogP contribution in [0.15, 0.2) is 18.2 Å². The third kappa shape index (κ3) is 3.81. The molecule has 1 heterocycles. The van der Waals surface area contributed by atoms with Crippen molar-refractivity contribution in [1.29, 1.82) is 0 Å². The third-order valence-electron chi connectivity index (χ3n) is 3.61. The highest BCUT2D eigenvalue weighted by atomic mass is 16.5. The summed E-state index contributed by atoms with van der Waals surface area (Å²) in [4.78, 5) is 14.4. The predicted molar refractivity (Wildman–Crippen MR) is 81.0 cm³/mol. The second-order valence-electron chi connectivity index (χ2n) is 5.77. The molecule has 1 aliphatic heterocycles. The number of carbonyl (C=O) groups is 1. The highest BCUT2D eigenvalue weighted by Crippen LogP contribution is 2.19. The standard InChI is InChI=1S/C16H24N2O2/c1-11-6-5-7-12(2)16(11)17-15(19)10-18-8-13(3)20-14(4)9-18/h5-7,13-14H,8-10H2,1-4H3,(H,17,19)/t13-,14-/m1/s1. The van der Waals surface area contributed by atoms with E-state index >= 15 is 0 Å². The van der Waals surface area contributed by atoms with Crippen molar-refractivity contribution in [3.63, 3.8) is 0 Å². The van der Waals surface area contributed by atoms with E-state index in [1.807, 2.05) is 45.9 Å². The number of hydrogen-bond acceptors (Lipinski definition) is 3. The highest BCUT2D eigenvalue weighted by molar-refractivity contribution is 5.93. The molecule has 0 spiro atoms. The first-order valence-corrected chi connectivity index (χ1v) is 7.19. The van der Waals surface area contributed by atoms with Crippen molar-refractivity contribution < 1.29 is 9.53 Å². The summed E-state index contributed by atoms with van der Waals surface area (Å²) in [5.74, 6) is 0.0451. The van der Waals surface area contributed by atoms with E-state index in [0.717, 1.165) is 29.9 Å². The first-order chi connectivity index (χ1) is 9.45. The van der Waals surface area contributed by atoms with E-state index in [-0.39, 0.29) is 18.1 Å². The summed E-state index contributed by atoms with van der Waals surface area (Å²) >= 11 is 0. The summed E-state index contributed by atoms with van der Waals surface area (Å²) in [6.45, 7) is 10.2. The topological polar surface area (TPSA) is 41.6 Å². The average Bonchev–Trinajstić information content (AvgIpc) is 2.32. The van der Waals surface area contributed by atoms with Gasteiger partial charge < -0.3 is 10.1 Å². The molecular weight excluding hydrogens is 252 g/mol. The van der Waals surface area contributed by atoms with E-state index in [4.69, 9.17) is 4.74 Å². The van der Waals surface area contributed by atoms with Crippen molar-refractivity contribution in [2.24, 2.45) is 0 Å². The molecule has 1 saturated heterocycles. The molecule has 1 N–H and O–H groups in total. The monoisotopic (exact) mass is 276 g/mol. The van der Waals surface area contributed by atoms with E-state index in [0.29, 0.717) is 6.54 Å². The van der Waals surface area contributed by atoms with Crippen molar-refractivity contribution in [2.45, 2.75) is 39.9 Å². The van der Waals surface area contributed by atoms with Crippen LogP contribution in [-0.4, -0.2) is 42.6 Å². The molecule has 1 aliphatic rings. The normalized spacial score (nSPS) is 23.6. The smallest absolute Gasteiger partial charge is 0.238 e. The maximum Gasteiger partial charge on any atom is 0.238 e. The molecule has 0 aromatic heterocycles. The fourth-order valence-electron chi connectivity index (χ4n) is 2.81. The molecule has 4 nitrogen and oxygen atoms in total. The minimum absolute atomic E-state index is 0.0451. The van der Waals surface area contributed by atoms with Gasteiger partial charge in [0.1, 0.15) is 0 Å². The van der Waals surface area contributed by atoms with Gasteiger partial charge in [-0.15, -0.1) is 0 Å². The molecule has 0 aliphatic carbocycles. The molecule has 2 atom stereocenters. The van der Waals surface area contributed by atoms with E-state index in [1.165, 1.54) is 0 Å². The molecule has 1 aromatic rings. The first kappa shape index (κ1) is 15.0. The summed E-state index contributed by atoms with van der Waals surface area (Å²) in [5.41, 5.74) is 3.14. The Kier molecular flexibility index (Phi) is 4.78. The van der Waals surface area contributed by atoms with Crippen LogP contribution in [0.4, 0.5) is 5.69 Å². The Morgan fingerprint density at radius 1 is 1.25 bits per heavy atom. The van der Waals surface area contributed by atoms with Gasteiger partial charge in [0.2, 0.25) is 5.91 Å². The van der Waals surface area contributed by atoms with Crippen molar-refractivity contribution in [3.8, 4) is 0 Å². The van der Waals surface area contributed by atoms with Crippen molar-refractivity contribution in [2.75, 3.05) is 25.0 Å². The van der Waals surface area contributed by atoms with Crippen LogP contribution in [0.25, 0.3) is 0 Å². The number of morpholine rings is 1. The van der Waals surface area contributed by atoms with Gasteiger partial charge in [0, 0.05) is 18.8 Å². The lowest BCUT2D eigenvalue weighted by Crippen LogP contribution is -2.48. The SMILES string of the molecule is Cc1cccc(C)c1NC(=O)CN1C[C@@H](C)O[C@H](C)C1. The lowest BCUT2D eigenvalue weighted by molar-refractivity contribution is -0.121. The van der Waals surface area contributed by atoms with Crippen LogP contribution in [0.3, 0.4) is 0 Å². The Morgan fingerprint density at radius 2 is 1.80 bits per heavy atom. The molecule has 1 fully saturated rings. The number of anilines is 1. The van der Waals surface area contributed by atoms with Crippen molar-refractivity contribution >= 4 is 11.6 Å². The van der Waals surface area contributed by atoms with Crippen molar-refractivity contribution in [3.05, 3.63) is 29.3 Å². The number of hydrogen-bond donors (Lipinski definition) is 1. The minimum Gasteiger partial charge on any atom is -0.373 e. The lowest BCUT2D eigenvalue weighted by atomic mass is 10.1. The number of nitrogens with one attached hydrogen (secondary N) is 1. The van der Waals surface area contributed by atoms with Crippen LogP contribution in [-0.2, 0) is 9.53 Å². The van der Waals surface area contributed by atoms with Crippen LogP contribution in [0.5, 0.6) is 0 Å². The molecule has 1 amide bonds. The van der Waals surface area contributed by atoms with Crippen LogP contribution in [0.2, 0.25) is 0 Å². The summed E-state index contributed by atoms with van der Waals surface area (Å²) in [6, 6.07) is 6.04. The Hall–Kier alpha value is -1.39. The second kappa shape index (κ2) is 6.37. The zero-order valence-corrected chi connectivity index (χ0v) is 12.8. The minimum atomic E-state index is 0.0451. The zero-order chi connectivity index (χ0) is 14.7. The number of para-hydroxylation sites is 1. The van der Waals surface area contributed by atoms with Crippen molar-refractivity contribution in [1.82, 2.24) is 4.90 Å². The van der Waals surface area contributed by atoms with Gasteiger partial charge in [-0.1, -0.05) is 18.2 Å². The van der Waals surface area contributed by atoms with E-state index in [2.05, 4.69) is 10.2 Å². The average molecular weight is 276 g/mol. The second-order valence-corrected chi connectivity index (χ2v) is 5.77. The first-order valence-electron chi connectivity index (χ1n) is 7.19. The van der Waals surface area contributed by atoms with E-state index in [9.17, 15) is 4.79 Å². The van der Waals surface area contributed by atoms with Gasteiger partial charge in [-0.3, -0.25) is 9.69 Å². The number of rotatable bonds is 3. The van der Waals surface area contributed by atoms with Gasteiger partial charge >= 0.3 is 0 Å². The fourth-order valence-corrected chi connectivity index (χ4v) is 2.81. The van der Waals surface area contributed by atoms with Gasteiger partial charge in [-0.25, -0.2) is 0 Å². The molecule has 0 bridgehead atoms.